The van der Waals surface area contributed by atoms with E-state index in [2.05, 4.69) is 10.4 Å². The first-order chi connectivity index (χ1) is 18.4. The predicted molar refractivity (Wildman–Crippen MR) is 141 cm³/mol. The highest BCUT2D eigenvalue weighted by atomic mass is 32.2. The summed E-state index contributed by atoms with van der Waals surface area (Å²) in [6.07, 6.45) is -0.841. The molecule has 1 heterocycles. The third kappa shape index (κ3) is 7.95. The number of fused-ring (bicyclic) bond motifs is 1. The Hall–Kier alpha value is -3.17. The molecule has 1 amide bonds. The van der Waals surface area contributed by atoms with Crippen LogP contribution in [0.25, 0.3) is 5.69 Å². The number of nitrogens with zero attached hydrogens (tertiary/aromatic N) is 2. The maximum Gasteiger partial charge on any atom is 0.435 e. The van der Waals surface area contributed by atoms with Gasteiger partial charge < -0.3 is 21.5 Å². The summed E-state index contributed by atoms with van der Waals surface area (Å²) in [7, 11) is -3.67. The molecule has 0 saturated heterocycles. The maximum atomic E-state index is 13.8. The Bertz CT molecular complexity index is 1370. The van der Waals surface area contributed by atoms with Crippen molar-refractivity contribution in [1.82, 2.24) is 9.78 Å². The van der Waals surface area contributed by atoms with Gasteiger partial charge in [-0.05, 0) is 62.1 Å². The van der Waals surface area contributed by atoms with Crippen LogP contribution in [-0.4, -0.2) is 59.6 Å². The Kier molecular flexibility index (Phi) is 9.21. The van der Waals surface area contributed by atoms with E-state index in [0.717, 1.165) is 6.42 Å². The summed E-state index contributed by atoms with van der Waals surface area (Å²) >= 11 is 0. The molecule has 0 spiro atoms. The van der Waals surface area contributed by atoms with Crippen molar-refractivity contribution in [2.45, 2.75) is 70.7 Å². The standard InChI is InChI=1S/C24H30F3N5O3.CH4O3S/c1-23(2)9-8-15-18(11-23)32(31-21(15)24(25,26)27)13-6-7-14(22(29)34)17(10-13)30-16-4-3-5-19(16)35-20(33)12-28;1-5(2,3)4/h6-7,10,16,19,30H,3-5,8-9,11-12,28H2,1-2H3,(H2,29,34);1H3,(H,2,3,4)/t16-,19-;/m0./s1. The van der Waals surface area contributed by atoms with E-state index in [0.29, 0.717) is 49.0 Å². The summed E-state index contributed by atoms with van der Waals surface area (Å²) in [6, 6.07) is 4.30. The SMILES string of the molecule is CC1(C)CCc2c(C(F)(F)F)nn(-c3ccc(C(N)=O)c(N[C@H]4CCC[C@@H]4OC(=O)CN)c3)c2C1.CS(=O)(=O)O. The van der Waals surface area contributed by atoms with Crippen molar-refractivity contribution in [3.05, 3.63) is 40.7 Å². The topological polar surface area (TPSA) is 180 Å². The van der Waals surface area contributed by atoms with Crippen LogP contribution in [0.1, 0.15) is 66.8 Å². The molecule has 0 bridgehead atoms. The number of amides is 1. The van der Waals surface area contributed by atoms with Gasteiger partial charge in [-0.1, -0.05) is 13.8 Å². The smallest absolute Gasteiger partial charge is 0.435 e. The second-order valence-corrected chi connectivity index (χ2v) is 12.2. The summed E-state index contributed by atoms with van der Waals surface area (Å²) in [5.41, 5.74) is 11.5. The molecule has 0 unspecified atom stereocenters. The Labute approximate surface area is 230 Å². The fourth-order valence-electron chi connectivity index (χ4n) is 5.02. The average Bonchev–Trinajstić information content (AvgIpc) is 3.40. The molecule has 40 heavy (non-hydrogen) atoms. The Balaban J connectivity index is 0.000000810. The van der Waals surface area contributed by atoms with Crippen LogP contribution in [0.15, 0.2) is 18.2 Å². The van der Waals surface area contributed by atoms with E-state index in [-0.39, 0.29) is 35.5 Å². The van der Waals surface area contributed by atoms with Crippen LogP contribution in [0.3, 0.4) is 0 Å². The highest BCUT2D eigenvalue weighted by Crippen LogP contribution is 2.42. The Morgan fingerprint density at radius 3 is 2.50 bits per heavy atom. The van der Waals surface area contributed by atoms with Gasteiger partial charge in [-0.15, -0.1) is 0 Å². The summed E-state index contributed by atoms with van der Waals surface area (Å²) < 4.78 is 74.0. The van der Waals surface area contributed by atoms with Gasteiger partial charge in [0.1, 0.15) is 6.10 Å². The molecule has 2 atom stereocenters. The normalized spacial score (nSPS) is 20.2. The molecule has 6 N–H and O–H groups in total. The number of nitrogens with one attached hydrogen (secondary N) is 1. The summed E-state index contributed by atoms with van der Waals surface area (Å²) in [4.78, 5) is 23.8. The monoisotopic (exact) mass is 589 g/mol. The number of nitrogens with two attached hydrogens (primary N) is 2. The first-order valence-electron chi connectivity index (χ1n) is 12.6. The number of carbonyl (C=O) groups excluding carboxylic acids is 2. The van der Waals surface area contributed by atoms with Crippen molar-refractivity contribution in [3.63, 3.8) is 0 Å². The number of rotatable bonds is 6. The summed E-state index contributed by atoms with van der Waals surface area (Å²) in [6.45, 7) is 3.80. The van der Waals surface area contributed by atoms with Gasteiger partial charge in [-0.25, -0.2) is 4.68 Å². The zero-order valence-corrected chi connectivity index (χ0v) is 23.2. The number of primary amides is 1. The second kappa shape index (κ2) is 11.7. The first-order valence-corrected chi connectivity index (χ1v) is 14.4. The van der Waals surface area contributed by atoms with Crippen molar-refractivity contribution in [2.24, 2.45) is 16.9 Å². The van der Waals surface area contributed by atoms with Crippen molar-refractivity contribution >= 4 is 27.7 Å². The summed E-state index contributed by atoms with van der Waals surface area (Å²) in [5, 5.41) is 7.21. The molecule has 1 aromatic carbocycles. The molecule has 1 aromatic heterocycles. The van der Waals surface area contributed by atoms with Crippen LogP contribution < -0.4 is 16.8 Å². The third-order valence-electron chi connectivity index (χ3n) is 6.81. The lowest BCUT2D eigenvalue weighted by atomic mass is 9.76. The molecular weight excluding hydrogens is 555 g/mol. The predicted octanol–water partition coefficient (Wildman–Crippen LogP) is 2.84. The van der Waals surface area contributed by atoms with Gasteiger partial charge in [-0.3, -0.25) is 14.1 Å². The number of esters is 1. The van der Waals surface area contributed by atoms with E-state index in [1.807, 2.05) is 13.8 Å². The maximum absolute atomic E-state index is 13.8. The van der Waals surface area contributed by atoms with Crippen LogP contribution in [0.4, 0.5) is 18.9 Å². The van der Waals surface area contributed by atoms with E-state index in [1.165, 1.54) is 10.7 Å². The number of halogens is 3. The van der Waals surface area contributed by atoms with Crippen molar-refractivity contribution in [1.29, 1.82) is 0 Å². The minimum Gasteiger partial charge on any atom is -0.459 e. The highest BCUT2D eigenvalue weighted by molar-refractivity contribution is 7.85. The lowest BCUT2D eigenvalue weighted by Crippen LogP contribution is -2.35. The molecular formula is C25H34F3N5O6S. The lowest BCUT2D eigenvalue weighted by Gasteiger charge is -2.30. The van der Waals surface area contributed by atoms with Crippen LogP contribution >= 0.6 is 0 Å². The van der Waals surface area contributed by atoms with Gasteiger partial charge in [0.05, 0.1) is 30.1 Å². The molecule has 4 rings (SSSR count). The lowest BCUT2D eigenvalue weighted by molar-refractivity contribution is -0.147. The van der Waals surface area contributed by atoms with Gasteiger partial charge in [0, 0.05) is 16.9 Å². The zero-order valence-electron chi connectivity index (χ0n) is 22.4. The molecule has 0 radical (unpaired) electrons. The summed E-state index contributed by atoms with van der Waals surface area (Å²) in [5.74, 6) is -1.22. The van der Waals surface area contributed by atoms with Crippen molar-refractivity contribution in [2.75, 3.05) is 18.1 Å². The van der Waals surface area contributed by atoms with Crippen LogP contribution in [0, 0.1) is 5.41 Å². The zero-order chi connectivity index (χ0) is 30.0. The van der Waals surface area contributed by atoms with E-state index in [4.69, 9.17) is 20.8 Å². The highest BCUT2D eigenvalue weighted by Gasteiger charge is 2.42. The number of aromatic nitrogens is 2. The Morgan fingerprint density at radius 1 is 1.27 bits per heavy atom. The molecule has 2 aromatic rings. The van der Waals surface area contributed by atoms with Crippen molar-refractivity contribution < 1.29 is 40.5 Å². The molecule has 1 fully saturated rings. The molecule has 0 aliphatic heterocycles. The fourth-order valence-corrected chi connectivity index (χ4v) is 5.02. The minimum absolute atomic E-state index is 0.175. The van der Waals surface area contributed by atoms with Gasteiger partial charge in [0.25, 0.3) is 16.0 Å². The quantitative estimate of drug-likeness (QED) is 0.291. The van der Waals surface area contributed by atoms with Gasteiger partial charge in [0.2, 0.25) is 0 Å². The number of alkyl halides is 3. The molecule has 15 heteroatoms. The van der Waals surface area contributed by atoms with E-state index >= 15 is 0 Å². The molecule has 1 saturated carbocycles. The van der Waals surface area contributed by atoms with E-state index in [1.54, 1.807) is 12.1 Å². The van der Waals surface area contributed by atoms with Crippen LogP contribution in [-0.2, 0) is 38.7 Å². The van der Waals surface area contributed by atoms with Crippen LogP contribution in [0.2, 0.25) is 0 Å². The van der Waals surface area contributed by atoms with Gasteiger partial charge in [0.15, 0.2) is 5.69 Å². The van der Waals surface area contributed by atoms with E-state index in [9.17, 15) is 31.2 Å². The Morgan fingerprint density at radius 2 is 1.93 bits per heavy atom. The third-order valence-corrected chi connectivity index (χ3v) is 6.81. The molecule has 222 valence electrons. The van der Waals surface area contributed by atoms with Gasteiger partial charge >= 0.3 is 12.1 Å². The minimum atomic E-state index is -4.57. The first kappa shape index (κ1) is 31.4. The van der Waals surface area contributed by atoms with Gasteiger partial charge in [-0.2, -0.15) is 26.7 Å². The number of anilines is 1. The fraction of sp³-hybridized carbons (Fsp3) is 0.560. The average molecular weight is 590 g/mol. The largest absolute Gasteiger partial charge is 0.459 e. The van der Waals surface area contributed by atoms with Crippen molar-refractivity contribution in [3.8, 4) is 5.69 Å². The number of hydrogen-bond acceptors (Lipinski definition) is 8. The second-order valence-electron chi connectivity index (χ2n) is 10.8. The van der Waals surface area contributed by atoms with E-state index < -0.39 is 40.0 Å². The number of benzene rings is 1. The molecule has 2 aliphatic rings. The number of carbonyl (C=O) groups is 2. The number of hydrogen-bond donors (Lipinski definition) is 4. The van der Waals surface area contributed by atoms with Crippen LogP contribution in [0.5, 0.6) is 0 Å². The molecule has 11 nitrogen and oxygen atoms in total. The number of ether oxygens (including phenoxy) is 1. The molecule has 2 aliphatic carbocycles.